The summed E-state index contributed by atoms with van der Waals surface area (Å²) in [7, 11) is 0. The number of rotatable bonds is 5. The van der Waals surface area contributed by atoms with Crippen molar-refractivity contribution in [2.75, 3.05) is 11.9 Å². The first-order valence-electron chi connectivity index (χ1n) is 8.97. The van der Waals surface area contributed by atoms with Crippen LogP contribution in [0.4, 0.5) is 5.00 Å². The van der Waals surface area contributed by atoms with Gasteiger partial charge >= 0.3 is 0 Å². The van der Waals surface area contributed by atoms with Crippen molar-refractivity contribution in [3.05, 3.63) is 62.5 Å². The number of nitrogens with one attached hydrogen (secondary N) is 1. The number of fused-ring (bicyclic) bond motifs is 3. The van der Waals surface area contributed by atoms with Crippen LogP contribution < -0.4 is 5.32 Å². The van der Waals surface area contributed by atoms with Crippen molar-refractivity contribution in [2.24, 2.45) is 0 Å². The Morgan fingerprint density at radius 2 is 2.15 bits per heavy atom. The van der Waals surface area contributed by atoms with Crippen LogP contribution in [0, 0.1) is 0 Å². The molecule has 1 atom stereocenters. The molecule has 2 heterocycles. The van der Waals surface area contributed by atoms with Crippen LogP contribution >= 0.6 is 46.3 Å². The Labute approximate surface area is 177 Å². The zero-order valence-electron chi connectivity index (χ0n) is 14.8. The first kappa shape index (κ1) is 19.2. The molecule has 142 valence electrons. The molecule has 1 aromatic heterocycles. The molecule has 3 nitrogen and oxygen atoms in total. The number of nitrogens with zero attached hydrogens (tertiary/aromatic N) is 1. The van der Waals surface area contributed by atoms with Crippen molar-refractivity contribution < 1.29 is 4.79 Å². The monoisotopic (exact) mass is 438 g/mol. The van der Waals surface area contributed by atoms with Crippen LogP contribution in [0.1, 0.15) is 39.2 Å². The summed E-state index contributed by atoms with van der Waals surface area (Å²) in [5, 5.41) is 5.74. The molecule has 1 aliphatic carbocycles. The van der Waals surface area contributed by atoms with Gasteiger partial charge in [0, 0.05) is 17.2 Å². The Bertz CT molecular complexity index is 896. The standard InChI is InChI=1S/C20H20Cl2N2OS2/c1-2-10-24-19(25)16-13-7-3-4-9-15(13)27-18(16)23-20(24)26-11-12-6-5-8-14(21)17(12)22/h2,5-6,8,20,23H,1,3-4,7,9-11H2/t20-/m1/s1. The summed E-state index contributed by atoms with van der Waals surface area (Å²) in [6.45, 7) is 4.34. The minimum atomic E-state index is -0.154. The second-order valence-electron chi connectivity index (χ2n) is 6.68. The first-order chi connectivity index (χ1) is 13.1. The van der Waals surface area contributed by atoms with Gasteiger partial charge in [-0.2, -0.15) is 0 Å². The van der Waals surface area contributed by atoms with E-state index in [1.54, 1.807) is 35.2 Å². The number of carbonyl (C=O) groups excluding carboxylic acids is 1. The van der Waals surface area contributed by atoms with E-state index < -0.39 is 0 Å². The molecule has 0 saturated heterocycles. The van der Waals surface area contributed by atoms with Gasteiger partial charge in [-0.3, -0.25) is 4.79 Å². The van der Waals surface area contributed by atoms with E-state index in [0.29, 0.717) is 22.3 Å². The summed E-state index contributed by atoms with van der Waals surface area (Å²) in [6, 6.07) is 5.66. The smallest absolute Gasteiger partial charge is 0.259 e. The molecule has 1 amide bonds. The van der Waals surface area contributed by atoms with Crippen LogP contribution in [0.2, 0.25) is 10.0 Å². The van der Waals surface area contributed by atoms with Gasteiger partial charge in [-0.15, -0.1) is 29.7 Å². The van der Waals surface area contributed by atoms with E-state index in [1.165, 1.54) is 16.9 Å². The van der Waals surface area contributed by atoms with Gasteiger partial charge in [-0.25, -0.2) is 0 Å². The van der Waals surface area contributed by atoms with Gasteiger partial charge in [0.05, 0.1) is 15.6 Å². The van der Waals surface area contributed by atoms with Crippen LogP contribution in [-0.2, 0) is 18.6 Å². The fourth-order valence-corrected chi connectivity index (χ4v) is 6.60. The molecule has 0 fully saturated rings. The number of thiophene rings is 1. The maximum absolute atomic E-state index is 13.3. The van der Waals surface area contributed by atoms with Gasteiger partial charge in [-0.05, 0) is 42.9 Å². The molecule has 7 heteroatoms. The Kier molecular flexibility index (Phi) is 5.74. The molecule has 0 saturated carbocycles. The van der Waals surface area contributed by atoms with E-state index in [-0.39, 0.29) is 11.4 Å². The van der Waals surface area contributed by atoms with Crippen molar-refractivity contribution in [2.45, 2.75) is 36.9 Å². The Hall–Kier alpha value is -1.14. The first-order valence-corrected chi connectivity index (χ1v) is 11.6. The SMILES string of the molecule is C=CCN1C(=O)c2c(sc3c2CCCC3)N[C@H]1SCc1cccc(Cl)c1Cl. The molecule has 0 unspecified atom stereocenters. The summed E-state index contributed by atoms with van der Waals surface area (Å²) < 4.78 is 0. The lowest BCUT2D eigenvalue weighted by Gasteiger charge is -2.36. The number of benzene rings is 1. The van der Waals surface area contributed by atoms with Crippen LogP contribution in [0.5, 0.6) is 0 Å². The summed E-state index contributed by atoms with van der Waals surface area (Å²) in [6.07, 6.45) is 6.24. The number of aryl methyl sites for hydroxylation is 1. The number of anilines is 1. The van der Waals surface area contributed by atoms with E-state index in [0.717, 1.165) is 35.4 Å². The summed E-state index contributed by atoms with van der Waals surface area (Å²) in [4.78, 5) is 16.5. The second-order valence-corrected chi connectivity index (χ2v) is 9.64. The quantitative estimate of drug-likeness (QED) is 0.563. The van der Waals surface area contributed by atoms with Crippen molar-refractivity contribution in [1.82, 2.24) is 4.90 Å². The number of halogens is 2. The highest BCUT2D eigenvalue weighted by Crippen LogP contribution is 2.43. The number of thioether (sulfide) groups is 1. The fraction of sp³-hybridized carbons (Fsp3) is 0.350. The van der Waals surface area contributed by atoms with E-state index >= 15 is 0 Å². The predicted molar refractivity (Wildman–Crippen MR) is 117 cm³/mol. The van der Waals surface area contributed by atoms with Gasteiger partial charge in [0.1, 0.15) is 5.00 Å². The Morgan fingerprint density at radius 3 is 2.96 bits per heavy atom. The largest absolute Gasteiger partial charge is 0.348 e. The highest BCUT2D eigenvalue weighted by molar-refractivity contribution is 7.99. The molecule has 2 aliphatic rings. The number of hydrogen-bond donors (Lipinski definition) is 1. The van der Waals surface area contributed by atoms with Crippen molar-refractivity contribution in [1.29, 1.82) is 0 Å². The maximum Gasteiger partial charge on any atom is 0.259 e. The lowest BCUT2D eigenvalue weighted by molar-refractivity contribution is 0.0759. The molecule has 27 heavy (non-hydrogen) atoms. The maximum atomic E-state index is 13.3. The molecule has 1 N–H and O–H groups in total. The van der Waals surface area contributed by atoms with Crippen LogP contribution in [0.3, 0.4) is 0 Å². The summed E-state index contributed by atoms with van der Waals surface area (Å²) in [5.41, 5.74) is 2.96. The molecule has 1 aliphatic heterocycles. The van der Waals surface area contributed by atoms with E-state index in [9.17, 15) is 4.79 Å². The molecule has 1 aromatic carbocycles. The average Bonchev–Trinajstić information content (AvgIpc) is 3.04. The highest BCUT2D eigenvalue weighted by atomic mass is 35.5. The minimum Gasteiger partial charge on any atom is -0.348 e. The fourth-order valence-electron chi connectivity index (χ4n) is 3.61. The molecular weight excluding hydrogens is 419 g/mol. The number of carbonyl (C=O) groups is 1. The van der Waals surface area contributed by atoms with Crippen LogP contribution in [0.25, 0.3) is 0 Å². The van der Waals surface area contributed by atoms with Crippen LogP contribution in [0.15, 0.2) is 30.9 Å². The van der Waals surface area contributed by atoms with Gasteiger partial charge < -0.3 is 10.2 Å². The van der Waals surface area contributed by atoms with E-state index in [4.69, 9.17) is 23.2 Å². The highest BCUT2D eigenvalue weighted by Gasteiger charge is 2.36. The van der Waals surface area contributed by atoms with E-state index in [2.05, 4.69) is 11.9 Å². The van der Waals surface area contributed by atoms with Gasteiger partial charge in [0.2, 0.25) is 0 Å². The van der Waals surface area contributed by atoms with Crippen molar-refractivity contribution in [3.63, 3.8) is 0 Å². The van der Waals surface area contributed by atoms with Gasteiger partial charge in [0.15, 0.2) is 5.50 Å². The third kappa shape index (κ3) is 3.63. The van der Waals surface area contributed by atoms with Crippen molar-refractivity contribution in [3.8, 4) is 0 Å². The second kappa shape index (κ2) is 8.08. The molecule has 0 bridgehead atoms. The zero-order chi connectivity index (χ0) is 19.0. The Balaban J connectivity index is 1.60. The van der Waals surface area contributed by atoms with Crippen LogP contribution in [-0.4, -0.2) is 22.8 Å². The molecule has 0 radical (unpaired) electrons. The predicted octanol–water partition coefficient (Wildman–Crippen LogP) is 6.20. The minimum absolute atomic E-state index is 0.109. The molecule has 0 spiro atoms. The van der Waals surface area contributed by atoms with Gasteiger partial charge in [0.25, 0.3) is 5.91 Å². The third-order valence-corrected chi connectivity index (χ3v) is 8.18. The summed E-state index contributed by atoms with van der Waals surface area (Å²) in [5.74, 6) is 0.774. The molecule has 2 aromatic rings. The topological polar surface area (TPSA) is 32.3 Å². The van der Waals surface area contributed by atoms with Crippen molar-refractivity contribution >= 4 is 57.2 Å². The molecule has 4 rings (SSSR count). The normalized spacial score (nSPS) is 18.7. The Morgan fingerprint density at radius 1 is 1.33 bits per heavy atom. The lowest BCUT2D eigenvalue weighted by Crippen LogP contribution is -2.46. The van der Waals surface area contributed by atoms with Gasteiger partial charge in [-0.1, -0.05) is 41.4 Å². The number of amides is 1. The molecular formula is C20H20Cl2N2OS2. The summed E-state index contributed by atoms with van der Waals surface area (Å²) >= 11 is 15.8. The zero-order valence-corrected chi connectivity index (χ0v) is 17.9. The third-order valence-electron chi connectivity index (χ3n) is 4.94. The lowest BCUT2D eigenvalue weighted by atomic mass is 9.94. The number of hydrogen-bond acceptors (Lipinski definition) is 4. The average molecular weight is 439 g/mol. The van der Waals surface area contributed by atoms with E-state index in [1.807, 2.05) is 17.0 Å².